The second-order valence-electron chi connectivity index (χ2n) is 3.68. The van der Waals surface area contributed by atoms with E-state index in [0.717, 1.165) is 0 Å². The molecule has 18 heavy (non-hydrogen) atoms. The number of methoxy groups -OCH3 is 1. The Balaban J connectivity index is 2.18. The lowest BCUT2D eigenvalue weighted by Gasteiger charge is -2.12. The van der Waals surface area contributed by atoms with Gasteiger partial charge < -0.3 is 24.4 Å². The van der Waals surface area contributed by atoms with Gasteiger partial charge in [-0.15, -0.1) is 0 Å². The Labute approximate surface area is 106 Å². The van der Waals surface area contributed by atoms with Crippen LogP contribution in [0.15, 0.2) is 18.3 Å². The first-order valence-corrected chi connectivity index (χ1v) is 5.69. The minimum absolute atomic E-state index is 0.101. The summed E-state index contributed by atoms with van der Waals surface area (Å²) in [5.74, 6) is 0.545. The highest BCUT2D eigenvalue weighted by atomic mass is 16.5. The van der Waals surface area contributed by atoms with Crippen molar-refractivity contribution < 1.29 is 24.4 Å². The fourth-order valence-corrected chi connectivity index (χ4v) is 1.19. The van der Waals surface area contributed by atoms with Gasteiger partial charge in [-0.05, 0) is 12.1 Å². The molecule has 0 saturated carbocycles. The lowest BCUT2D eigenvalue weighted by molar-refractivity contribution is -0.00424. The van der Waals surface area contributed by atoms with Crippen molar-refractivity contribution in [3.63, 3.8) is 0 Å². The van der Waals surface area contributed by atoms with E-state index in [9.17, 15) is 5.11 Å². The van der Waals surface area contributed by atoms with Crippen LogP contribution in [0.2, 0.25) is 0 Å². The zero-order valence-electron chi connectivity index (χ0n) is 10.4. The minimum Gasteiger partial charge on any atom is -0.489 e. The van der Waals surface area contributed by atoms with Crippen molar-refractivity contribution in [3.8, 4) is 5.75 Å². The largest absolute Gasteiger partial charge is 0.489 e. The average Bonchev–Trinajstić information content (AvgIpc) is 2.42. The third-order valence-corrected chi connectivity index (χ3v) is 2.14. The summed E-state index contributed by atoms with van der Waals surface area (Å²) in [5, 5.41) is 18.4. The fourth-order valence-electron chi connectivity index (χ4n) is 1.19. The van der Waals surface area contributed by atoms with Crippen LogP contribution in [0.5, 0.6) is 5.75 Å². The van der Waals surface area contributed by atoms with Gasteiger partial charge in [0.25, 0.3) is 0 Å². The van der Waals surface area contributed by atoms with Crippen LogP contribution < -0.4 is 4.74 Å². The molecule has 0 amide bonds. The topological polar surface area (TPSA) is 81.0 Å². The van der Waals surface area contributed by atoms with Gasteiger partial charge in [0.05, 0.1) is 38.3 Å². The average molecular weight is 257 g/mol. The molecule has 1 heterocycles. The summed E-state index contributed by atoms with van der Waals surface area (Å²) >= 11 is 0. The summed E-state index contributed by atoms with van der Waals surface area (Å²) in [4.78, 5) is 3.96. The molecule has 6 nitrogen and oxygen atoms in total. The number of aliphatic hydroxyl groups is 2. The summed E-state index contributed by atoms with van der Waals surface area (Å²) < 4.78 is 15.3. The summed E-state index contributed by atoms with van der Waals surface area (Å²) in [6.45, 7) is 1.18. The Morgan fingerprint density at radius 1 is 1.28 bits per heavy atom. The monoisotopic (exact) mass is 257 g/mol. The number of aliphatic hydroxyl groups excluding tert-OH is 2. The summed E-state index contributed by atoms with van der Waals surface area (Å²) in [6, 6.07) is 3.36. The van der Waals surface area contributed by atoms with Crippen LogP contribution in [-0.2, 0) is 16.1 Å². The Bertz CT molecular complexity index is 317. The summed E-state index contributed by atoms with van der Waals surface area (Å²) in [5.41, 5.74) is 0.575. The van der Waals surface area contributed by atoms with Crippen LogP contribution in [0.4, 0.5) is 0 Å². The number of pyridine rings is 1. The van der Waals surface area contributed by atoms with Crippen LogP contribution in [0, 0.1) is 0 Å². The highest BCUT2D eigenvalue weighted by molar-refractivity contribution is 5.19. The molecule has 0 fully saturated rings. The molecule has 1 rings (SSSR count). The molecule has 0 aliphatic heterocycles. The highest BCUT2D eigenvalue weighted by Crippen LogP contribution is 2.09. The van der Waals surface area contributed by atoms with Gasteiger partial charge in [-0.2, -0.15) is 0 Å². The maximum atomic E-state index is 9.56. The molecular formula is C12H19NO5. The predicted octanol–water partition coefficient (Wildman–Crippen LogP) is -0.0234. The number of aromatic nitrogens is 1. The minimum atomic E-state index is -0.695. The lowest BCUT2D eigenvalue weighted by Crippen LogP contribution is -2.24. The molecular weight excluding hydrogens is 238 g/mol. The Morgan fingerprint density at radius 2 is 2.11 bits per heavy atom. The molecule has 0 aromatic carbocycles. The number of hydrogen-bond acceptors (Lipinski definition) is 6. The number of nitrogens with zero attached hydrogens (tertiary/aromatic N) is 1. The van der Waals surface area contributed by atoms with E-state index in [1.807, 2.05) is 0 Å². The van der Waals surface area contributed by atoms with E-state index in [1.54, 1.807) is 19.2 Å². The standard InChI is InChI=1S/C12H19NO5/c1-16-4-5-17-8-11(15)9-18-12-3-2-10(7-14)13-6-12/h2-3,6,11,14-15H,4-5,7-9H2,1H3. The van der Waals surface area contributed by atoms with Crippen LogP contribution >= 0.6 is 0 Å². The molecule has 2 N–H and O–H groups in total. The van der Waals surface area contributed by atoms with E-state index in [0.29, 0.717) is 24.7 Å². The summed E-state index contributed by atoms with van der Waals surface area (Å²) in [7, 11) is 1.59. The maximum Gasteiger partial charge on any atom is 0.137 e. The van der Waals surface area contributed by atoms with Crippen molar-refractivity contribution in [1.82, 2.24) is 4.98 Å². The van der Waals surface area contributed by atoms with Gasteiger partial charge >= 0.3 is 0 Å². The Hall–Kier alpha value is -1.21. The second kappa shape index (κ2) is 8.82. The lowest BCUT2D eigenvalue weighted by atomic mass is 10.3. The van der Waals surface area contributed by atoms with E-state index in [2.05, 4.69) is 4.98 Å². The smallest absolute Gasteiger partial charge is 0.137 e. The Kier molecular flexibility index (Phi) is 7.28. The Morgan fingerprint density at radius 3 is 2.72 bits per heavy atom. The third kappa shape index (κ3) is 5.92. The third-order valence-electron chi connectivity index (χ3n) is 2.14. The van der Waals surface area contributed by atoms with Gasteiger partial charge in [0, 0.05) is 7.11 Å². The van der Waals surface area contributed by atoms with Crippen molar-refractivity contribution in [2.45, 2.75) is 12.7 Å². The maximum absolute atomic E-state index is 9.56. The van der Waals surface area contributed by atoms with Gasteiger partial charge in [0.1, 0.15) is 18.5 Å². The van der Waals surface area contributed by atoms with Crippen molar-refractivity contribution in [3.05, 3.63) is 24.0 Å². The zero-order chi connectivity index (χ0) is 13.2. The zero-order valence-corrected chi connectivity index (χ0v) is 10.4. The molecule has 0 bridgehead atoms. The number of rotatable bonds is 9. The quantitative estimate of drug-likeness (QED) is 0.605. The van der Waals surface area contributed by atoms with Gasteiger partial charge in [0.2, 0.25) is 0 Å². The second-order valence-corrected chi connectivity index (χ2v) is 3.68. The van der Waals surface area contributed by atoms with Crippen LogP contribution in [-0.4, -0.2) is 54.8 Å². The highest BCUT2D eigenvalue weighted by Gasteiger charge is 2.05. The molecule has 0 aliphatic rings. The molecule has 1 aromatic rings. The van der Waals surface area contributed by atoms with Crippen molar-refractivity contribution in [2.24, 2.45) is 0 Å². The van der Waals surface area contributed by atoms with Crippen LogP contribution in [0.3, 0.4) is 0 Å². The first-order valence-electron chi connectivity index (χ1n) is 5.69. The van der Waals surface area contributed by atoms with E-state index in [4.69, 9.17) is 19.3 Å². The van der Waals surface area contributed by atoms with E-state index >= 15 is 0 Å². The molecule has 1 atom stereocenters. The van der Waals surface area contributed by atoms with Gasteiger partial charge in [-0.25, -0.2) is 0 Å². The number of ether oxygens (including phenoxy) is 3. The van der Waals surface area contributed by atoms with E-state index in [1.165, 1.54) is 6.20 Å². The summed E-state index contributed by atoms with van der Waals surface area (Å²) in [6.07, 6.45) is 0.809. The fraction of sp³-hybridized carbons (Fsp3) is 0.583. The first-order chi connectivity index (χ1) is 8.76. The molecule has 1 aromatic heterocycles. The molecule has 0 aliphatic carbocycles. The predicted molar refractivity (Wildman–Crippen MR) is 64.4 cm³/mol. The molecule has 0 radical (unpaired) electrons. The van der Waals surface area contributed by atoms with Crippen molar-refractivity contribution in [1.29, 1.82) is 0 Å². The molecule has 102 valence electrons. The van der Waals surface area contributed by atoms with Gasteiger partial charge in [-0.3, -0.25) is 4.98 Å². The molecule has 0 spiro atoms. The van der Waals surface area contributed by atoms with Gasteiger partial charge in [0.15, 0.2) is 0 Å². The van der Waals surface area contributed by atoms with E-state index in [-0.39, 0.29) is 19.8 Å². The normalized spacial score (nSPS) is 12.4. The van der Waals surface area contributed by atoms with Crippen LogP contribution in [0.1, 0.15) is 5.69 Å². The van der Waals surface area contributed by atoms with E-state index < -0.39 is 6.10 Å². The van der Waals surface area contributed by atoms with Crippen LogP contribution in [0.25, 0.3) is 0 Å². The molecule has 6 heteroatoms. The molecule has 1 unspecified atom stereocenters. The van der Waals surface area contributed by atoms with Crippen molar-refractivity contribution in [2.75, 3.05) is 33.5 Å². The first kappa shape index (κ1) is 14.8. The SMILES string of the molecule is COCCOCC(O)COc1ccc(CO)nc1. The van der Waals surface area contributed by atoms with Crippen molar-refractivity contribution >= 4 is 0 Å². The van der Waals surface area contributed by atoms with Gasteiger partial charge in [-0.1, -0.05) is 0 Å². The number of hydrogen-bond donors (Lipinski definition) is 2. The molecule has 0 saturated heterocycles.